The van der Waals surface area contributed by atoms with E-state index in [4.69, 9.17) is 17.0 Å². The molecular formula is C22H25ClF2N6O. The molecule has 170 valence electrons. The van der Waals surface area contributed by atoms with E-state index in [2.05, 4.69) is 20.6 Å². The van der Waals surface area contributed by atoms with Crippen LogP contribution in [0.15, 0.2) is 48.9 Å². The highest BCUT2D eigenvalue weighted by Gasteiger charge is 2.46. The smallest absolute Gasteiger partial charge is 0.272 e. The van der Waals surface area contributed by atoms with Crippen molar-refractivity contribution in [1.29, 1.82) is 5.41 Å². The molecule has 10 heteroatoms. The molecule has 0 saturated carbocycles. The minimum absolute atomic E-state index is 0.161. The average molecular weight is 463 g/mol. The number of halogens is 3. The van der Waals surface area contributed by atoms with Gasteiger partial charge in [0.1, 0.15) is 5.71 Å². The summed E-state index contributed by atoms with van der Waals surface area (Å²) in [6, 6.07) is 8.33. The molecule has 2 atom stereocenters. The van der Waals surface area contributed by atoms with Crippen LogP contribution in [0.3, 0.4) is 0 Å². The molecule has 1 aromatic carbocycles. The molecule has 3 N–H and O–H groups in total. The minimum atomic E-state index is -3.04. The molecule has 1 fully saturated rings. The number of aromatic nitrogens is 2. The second kappa shape index (κ2) is 10.0. The fourth-order valence-corrected chi connectivity index (χ4v) is 3.90. The van der Waals surface area contributed by atoms with E-state index in [-0.39, 0.29) is 24.6 Å². The van der Waals surface area contributed by atoms with Crippen molar-refractivity contribution in [3.05, 3.63) is 59.5 Å². The summed E-state index contributed by atoms with van der Waals surface area (Å²) in [7, 11) is 1.65. The normalized spacial score (nSPS) is 20.5. The van der Waals surface area contributed by atoms with E-state index in [1.807, 2.05) is 6.07 Å². The third-order valence-corrected chi connectivity index (χ3v) is 5.48. The molecule has 1 aromatic heterocycles. The maximum Gasteiger partial charge on any atom is 0.272 e. The highest BCUT2D eigenvalue weighted by Crippen LogP contribution is 2.35. The third-order valence-electron chi connectivity index (χ3n) is 5.29. The molecule has 1 aliphatic rings. The van der Waals surface area contributed by atoms with Crippen LogP contribution in [0.5, 0.6) is 0 Å². The molecule has 0 spiro atoms. The van der Waals surface area contributed by atoms with Crippen LogP contribution in [-0.2, 0) is 4.79 Å². The van der Waals surface area contributed by atoms with E-state index in [0.717, 1.165) is 4.90 Å². The summed E-state index contributed by atoms with van der Waals surface area (Å²) in [6.45, 7) is 1.08. The van der Waals surface area contributed by atoms with Gasteiger partial charge in [-0.05, 0) is 11.5 Å². The first-order chi connectivity index (χ1) is 15.2. The van der Waals surface area contributed by atoms with Gasteiger partial charge in [0.15, 0.2) is 0 Å². The van der Waals surface area contributed by atoms with Crippen molar-refractivity contribution in [2.45, 2.75) is 25.3 Å². The lowest BCUT2D eigenvalue weighted by Crippen LogP contribution is -2.58. The van der Waals surface area contributed by atoms with Crippen molar-refractivity contribution < 1.29 is 13.6 Å². The predicted octanol–water partition coefficient (Wildman–Crippen LogP) is 3.69. The van der Waals surface area contributed by atoms with Crippen LogP contribution in [0.2, 0.25) is 5.02 Å². The highest BCUT2D eigenvalue weighted by molar-refractivity contribution is 6.54. The topological polar surface area (TPSA) is 94.0 Å². The fraction of sp³-hybridized carbons (Fsp3) is 0.364. The van der Waals surface area contributed by atoms with Crippen molar-refractivity contribution in [1.82, 2.24) is 20.2 Å². The van der Waals surface area contributed by atoms with Gasteiger partial charge in [-0.3, -0.25) is 10.2 Å². The lowest BCUT2D eigenvalue weighted by molar-refractivity contribution is -0.145. The first kappa shape index (κ1) is 23.6. The molecule has 1 aliphatic heterocycles. The summed E-state index contributed by atoms with van der Waals surface area (Å²) in [4.78, 5) is 22.5. The van der Waals surface area contributed by atoms with Gasteiger partial charge in [-0.25, -0.2) is 18.7 Å². The van der Waals surface area contributed by atoms with Crippen molar-refractivity contribution in [2.24, 2.45) is 5.92 Å². The number of benzene rings is 1. The van der Waals surface area contributed by atoms with Crippen LogP contribution in [0, 0.1) is 11.3 Å². The van der Waals surface area contributed by atoms with Gasteiger partial charge in [0.05, 0.1) is 30.0 Å². The number of hydrogen-bond acceptors (Lipinski definition) is 6. The Bertz CT molecular complexity index is 984. The molecule has 3 rings (SSSR count). The zero-order valence-electron chi connectivity index (χ0n) is 17.8. The van der Waals surface area contributed by atoms with Crippen molar-refractivity contribution in [2.75, 3.05) is 25.5 Å². The predicted molar refractivity (Wildman–Crippen MR) is 121 cm³/mol. The maximum absolute atomic E-state index is 14.4. The number of carbonyl (C=O) groups excluding carboxylic acids is 1. The largest absolute Gasteiger partial charge is 0.393 e. The van der Waals surface area contributed by atoms with Crippen LogP contribution in [0.4, 0.5) is 14.7 Å². The van der Waals surface area contributed by atoms with Crippen LogP contribution < -0.4 is 10.6 Å². The second-order valence-corrected chi connectivity index (χ2v) is 8.17. The monoisotopic (exact) mass is 462 g/mol. The van der Waals surface area contributed by atoms with Crippen LogP contribution in [0.25, 0.3) is 5.57 Å². The number of likely N-dealkylation sites (tertiary alicyclic amines) is 1. The van der Waals surface area contributed by atoms with E-state index >= 15 is 0 Å². The summed E-state index contributed by atoms with van der Waals surface area (Å²) in [6.07, 6.45) is 4.01. The summed E-state index contributed by atoms with van der Waals surface area (Å²) >= 11 is 5.80. The Balaban J connectivity index is 1.85. The van der Waals surface area contributed by atoms with Gasteiger partial charge < -0.3 is 15.5 Å². The van der Waals surface area contributed by atoms with Crippen molar-refractivity contribution in [3.8, 4) is 0 Å². The molecule has 7 nitrogen and oxygen atoms in total. The Morgan fingerprint density at radius 3 is 2.59 bits per heavy atom. The third kappa shape index (κ3) is 5.59. The number of nitrogens with zero attached hydrogens (tertiary/aromatic N) is 3. The molecule has 2 heterocycles. The van der Waals surface area contributed by atoms with Gasteiger partial charge in [0.2, 0.25) is 5.95 Å². The lowest BCUT2D eigenvalue weighted by atomic mass is 9.87. The number of anilines is 1. The summed E-state index contributed by atoms with van der Waals surface area (Å²) in [5, 5.41) is 14.7. The van der Waals surface area contributed by atoms with Crippen molar-refractivity contribution >= 4 is 34.7 Å². The number of nitrogens with one attached hydrogen (secondary N) is 3. The Kier molecular flexibility index (Phi) is 7.40. The number of amides is 1. The van der Waals surface area contributed by atoms with Gasteiger partial charge >= 0.3 is 0 Å². The van der Waals surface area contributed by atoms with Gasteiger partial charge in [-0.15, -0.1) is 0 Å². The molecule has 1 saturated heterocycles. The number of rotatable bonds is 7. The molecular weight excluding hydrogens is 438 g/mol. The standard InChI is InChI=1S/C22H25ClF2N6O/c1-14-8-22(24,25)13-31(18(14)12-30-21-28-9-16(23)10-29-21)20(32)19(26)17(11-27-2)15-6-4-3-5-7-15/h3-7,9-11,14,18,26-27H,8,12-13H2,1-2H3,(H,28,29,30)/b17-11-,26-19?. The highest BCUT2D eigenvalue weighted by atomic mass is 35.5. The number of hydrogen-bond donors (Lipinski definition) is 3. The molecule has 32 heavy (non-hydrogen) atoms. The van der Waals surface area contributed by atoms with E-state index in [9.17, 15) is 13.6 Å². The molecule has 0 radical (unpaired) electrons. The van der Waals surface area contributed by atoms with E-state index in [1.165, 1.54) is 18.6 Å². The Labute approximate surface area is 190 Å². The van der Waals surface area contributed by atoms with E-state index in [1.54, 1.807) is 38.2 Å². The first-order valence-corrected chi connectivity index (χ1v) is 10.5. The maximum atomic E-state index is 14.4. The van der Waals surface area contributed by atoms with E-state index in [0.29, 0.717) is 16.2 Å². The Morgan fingerprint density at radius 1 is 1.31 bits per heavy atom. The molecule has 2 unspecified atom stereocenters. The van der Waals surface area contributed by atoms with Gasteiger partial charge in [0, 0.05) is 31.8 Å². The number of carbonyl (C=O) groups is 1. The van der Waals surface area contributed by atoms with Gasteiger partial charge in [-0.2, -0.15) is 0 Å². The van der Waals surface area contributed by atoms with Gasteiger partial charge in [-0.1, -0.05) is 48.9 Å². The van der Waals surface area contributed by atoms with Crippen LogP contribution in [-0.4, -0.2) is 58.6 Å². The van der Waals surface area contributed by atoms with Gasteiger partial charge in [0.25, 0.3) is 11.8 Å². The molecule has 0 aliphatic carbocycles. The summed E-state index contributed by atoms with van der Waals surface area (Å²) < 4.78 is 28.9. The number of alkyl halides is 2. The van der Waals surface area contributed by atoms with Crippen molar-refractivity contribution in [3.63, 3.8) is 0 Å². The van der Waals surface area contributed by atoms with Crippen LogP contribution in [0.1, 0.15) is 18.9 Å². The second-order valence-electron chi connectivity index (χ2n) is 7.73. The summed E-state index contributed by atoms with van der Waals surface area (Å²) in [5.41, 5.74) is 0.608. The SMILES string of the molecule is CN/C=C(\C(=N)C(=O)N1CC(F)(F)CC(C)C1CNc1ncc(Cl)cn1)c1ccccc1. The Morgan fingerprint density at radius 2 is 1.97 bits per heavy atom. The first-order valence-electron chi connectivity index (χ1n) is 10.1. The lowest BCUT2D eigenvalue weighted by Gasteiger charge is -2.43. The molecule has 2 aromatic rings. The molecule has 0 bridgehead atoms. The number of piperidine rings is 1. The quantitative estimate of drug-likeness (QED) is 0.545. The average Bonchev–Trinajstić information content (AvgIpc) is 2.76. The molecule has 1 amide bonds. The summed E-state index contributed by atoms with van der Waals surface area (Å²) in [5.74, 6) is -4.03. The fourth-order valence-electron chi connectivity index (χ4n) is 3.80. The zero-order valence-corrected chi connectivity index (χ0v) is 18.5. The minimum Gasteiger partial charge on any atom is -0.393 e. The zero-order chi connectivity index (χ0) is 23.3. The Hall–Kier alpha value is -3.07. The van der Waals surface area contributed by atoms with Crippen LogP contribution >= 0.6 is 11.6 Å². The van der Waals surface area contributed by atoms with E-state index < -0.39 is 30.3 Å².